The molecule has 0 aromatic heterocycles. The van der Waals surface area contributed by atoms with Crippen LogP contribution in [0.25, 0.3) is 0 Å². The Morgan fingerprint density at radius 1 is 0.872 bits per heavy atom. The number of hydrogen-bond donors (Lipinski definition) is 3. The molecule has 1 saturated carbocycles. The number of urea groups is 1. The van der Waals surface area contributed by atoms with Gasteiger partial charge in [0, 0.05) is 12.1 Å². The van der Waals surface area contributed by atoms with Crippen molar-refractivity contribution in [3.8, 4) is 0 Å². The standard InChI is InChI=1S/C34H43N3O2/c1-26(34(39,29-14-7-3-8-15-29)30-16-9-4-10-17-30)35-33(38)36-31-21-19-27(20-22-31)23-25-37-24-11-18-32(37)28-12-5-2-6-13-28/h2-10,12-17,26-27,31-32,39H,11,18-25H2,1H3,(H2,35,36,38)/t26-,27-,31-,32?/m1/s1. The quantitative estimate of drug-likeness (QED) is 0.303. The maximum atomic E-state index is 13.0. The van der Waals surface area contributed by atoms with E-state index in [1.54, 1.807) is 0 Å². The van der Waals surface area contributed by atoms with Crippen LogP contribution in [0.4, 0.5) is 4.79 Å². The van der Waals surface area contributed by atoms with Crippen LogP contribution in [-0.2, 0) is 5.60 Å². The molecule has 1 aliphatic heterocycles. The van der Waals surface area contributed by atoms with Crippen molar-refractivity contribution in [2.75, 3.05) is 13.1 Å². The SMILES string of the molecule is C[C@@H](NC(=O)N[C@H]1CC[C@H](CCN2CCCC2c2ccccc2)CC1)C(O)(c1ccccc1)c1ccccc1. The molecule has 3 N–H and O–H groups in total. The molecule has 5 heteroatoms. The number of carbonyl (C=O) groups excluding carboxylic acids is 1. The first kappa shape index (κ1) is 27.4. The van der Waals surface area contributed by atoms with Gasteiger partial charge in [-0.25, -0.2) is 4.79 Å². The summed E-state index contributed by atoms with van der Waals surface area (Å²) in [6.07, 6.45) is 8.11. The number of nitrogens with zero attached hydrogens (tertiary/aromatic N) is 1. The molecule has 3 aromatic carbocycles. The lowest BCUT2D eigenvalue weighted by Gasteiger charge is -2.36. The van der Waals surface area contributed by atoms with Gasteiger partial charge in [0.05, 0.1) is 6.04 Å². The Labute approximate surface area is 233 Å². The Bertz CT molecular complexity index is 1120. The number of amides is 2. The normalized spacial score (nSPS) is 22.8. The average molecular weight is 526 g/mol. The molecule has 1 aliphatic carbocycles. The molecule has 5 nitrogen and oxygen atoms in total. The Hall–Kier alpha value is -3.15. The zero-order chi connectivity index (χ0) is 27.1. The molecule has 1 unspecified atom stereocenters. The topological polar surface area (TPSA) is 64.6 Å². The summed E-state index contributed by atoms with van der Waals surface area (Å²) < 4.78 is 0. The number of carbonyl (C=O) groups is 1. The highest BCUT2D eigenvalue weighted by Gasteiger charge is 2.39. The summed E-state index contributed by atoms with van der Waals surface area (Å²) in [4.78, 5) is 15.7. The van der Waals surface area contributed by atoms with Crippen LogP contribution in [0.5, 0.6) is 0 Å². The highest BCUT2D eigenvalue weighted by atomic mass is 16.3. The number of nitrogens with one attached hydrogen (secondary N) is 2. The lowest BCUT2D eigenvalue weighted by Crippen LogP contribution is -2.54. The maximum absolute atomic E-state index is 13.0. The van der Waals surface area contributed by atoms with Crippen molar-refractivity contribution < 1.29 is 9.90 Å². The Morgan fingerprint density at radius 2 is 1.44 bits per heavy atom. The van der Waals surface area contributed by atoms with E-state index in [4.69, 9.17) is 0 Å². The van der Waals surface area contributed by atoms with Crippen molar-refractivity contribution in [3.63, 3.8) is 0 Å². The van der Waals surface area contributed by atoms with Gasteiger partial charge in [0.1, 0.15) is 5.60 Å². The van der Waals surface area contributed by atoms with Gasteiger partial charge in [-0.1, -0.05) is 91.0 Å². The highest BCUT2D eigenvalue weighted by molar-refractivity contribution is 5.75. The second-order valence-electron chi connectivity index (χ2n) is 11.4. The van der Waals surface area contributed by atoms with E-state index in [1.807, 2.05) is 67.6 Å². The summed E-state index contributed by atoms with van der Waals surface area (Å²) in [7, 11) is 0. The van der Waals surface area contributed by atoms with Crippen LogP contribution >= 0.6 is 0 Å². The van der Waals surface area contributed by atoms with E-state index in [0.717, 1.165) is 49.3 Å². The lowest BCUT2D eigenvalue weighted by molar-refractivity contribution is 0.0470. The molecule has 0 bridgehead atoms. The third-order valence-electron chi connectivity index (χ3n) is 8.96. The summed E-state index contributed by atoms with van der Waals surface area (Å²) in [6.45, 7) is 4.24. The molecule has 39 heavy (non-hydrogen) atoms. The van der Waals surface area contributed by atoms with Crippen molar-refractivity contribution >= 4 is 6.03 Å². The predicted molar refractivity (Wildman–Crippen MR) is 157 cm³/mol. The molecule has 2 aliphatic rings. The van der Waals surface area contributed by atoms with Crippen molar-refractivity contribution in [3.05, 3.63) is 108 Å². The molecule has 1 saturated heterocycles. The van der Waals surface area contributed by atoms with Gasteiger partial charge in [0.15, 0.2) is 0 Å². The molecule has 0 radical (unpaired) electrons. The third kappa shape index (κ3) is 6.54. The van der Waals surface area contributed by atoms with Gasteiger partial charge < -0.3 is 15.7 Å². The Balaban J connectivity index is 1.11. The molecule has 5 rings (SSSR count). The fourth-order valence-corrected chi connectivity index (χ4v) is 6.67. The van der Waals surface area contributed by atoms with Gasteiger partial charge in [-0.3, -0.25) is 4.90 Å². The second-order valence-corrected chi connectivity index (χ2v) is 11.4. The van der Waals surface area contributed by atoms with Gasteiger partial charge in [-0.15, -0.1) is 0 Å². The summed E-state index contributed by atoms with van der Waals surface area (Å²) in [5.41, 5.74) is 1.65. The molecular weight excluding hydrogens is 482 g/mol. The summed E-state index contributed by atoms with van der Waals surface area (Å²) in [5.74, 6) is 0.725. The van der Waals surface area contributed by atoms with Gasteiger partial charge in [0.25, 0.3) is 0 Å². The van der Waals surface area contributed by atoms with E-state index in [9.17, 15) is 9.90 Å². The third-order valence-corrected chi connectivity index (χ3v) is 8.96. The molecule has 1 heterocycles. The Kier molecular flexibility index (Phi) is 9.00. The smallest absolute Gasteiger partial charge is 0.315 e. The fourth-order valence-electron chi connectivity index (χ4n) is 6.67. The minimum absolute atomic E-state index is 0.179. The van der Waals surface area contributed by atoms with Crippen molar-refractivity contribution in [1.82, 2.24) is 15.5 Å². The number of hydrogen-bond acceptors (Lipinski definition) is 3. The first-order chi connectivity index (χ1) is 19.0. The molecule has 206 valence electrons. The Morgan fingerprint density at radius 3 is 2.03 bits per heavy atom. The van der Waals surface area contributed by atoms with Gasteiger partial charge in [-0.05, 0) is 87.6 Å². The van der Waals surface area contributed by atoms with E-state index >= 15 is 0 Å². The van der Waals surface area contributed by atoms with E-state index in [-0.39, 0.29) is 12.1 Å². The highest BCUT2D eigenvalue weighted by Crippen LogP contribution is 2.35. The number of benzene rings is 3. The minimum Gasteiger partial charge on any atom is -0.378 e. The van der Waals surface area contributed by atoms with Crippen LogP contribution < -0.4 is 10.6 Å². The summed E-state index contributed by atoms with van der Waals surface area (Å²) in [6, 6.07) is 30.1. The van der Waals surface area contributed by atoms with Crippen LogP contribution in [0.15, 0.2) is 91.0 Å². The van der Waals surface area contributed by atoms with E-state index in [2.05, 4.69) is 45.9 Å². The first-order valence-corrected chi connectivity index (χ1v) is 14.7. The number of aliphatic hydroxyl groups is 1. The van der Waals surface area contributed by atoms with Crippen molar-refractivity contribution in [1.29, 1.82) is 0 Å². The molecule has 3 aromatic rings. The van der Waals surface area contributed by atoms with Gasteiger partial charge in [0.2, 0.25) is 0 Å². The summed E-state index contributed by atoms with van der Waals surface area (Å²) in [5, 5.41) is 18.2. The molecule has 0 spiro atoms. The zero-order valence-corrected chi connectivity index (χ0v) is 23.1. The van der Waals surface area contributed by atoms with Crippen LogP contribution in [-0.4, -0.2) is 41.2 Å². The predicted octanol–water partition coefficient (Wildman–Crippen LogP) is 6.40. The minimum atomic E-state index is -1.33. The largest absolute Gasteiger partial charge is 0.378 e. The fraction of sp³-hybridized carbons (Fsp3) is 0.441. The average Bonchev–Trinajstić information content (AvgIpc) is 3.46. The number of rotatable bonds is 9. The van der Waals surface area contributed by atoms with E-state index in [0.29, 0.717) is 6.04 Å². The monoisotopic (exact) mass is 525 g/mol. The molecule has 2 fully saturated rings. The van der Waals surface area contributed by atoms with E-state index in [1.165, 1.54) is 31.4 Å². The second kappa shape index (κ2) is 12.8. The van der Waals surface area contributed by atoms with Gasteiger partial charge >= 0.3 is 6.03 Å². The molecule has 2 atom stereocenters. The van der Waals surface area contributed by atoms with Gasteiger partial charge in [-0.2, -0.15) is 0 Å². The van der Waals surface area contributed by atoms with Crippen LogP contribution in [0.3, 0.4) is 0 Å². The lowest BCUT2D eigenvalue weighted by atomic mass is 9.81. The van der Waals surface area contributed by atoms with Crippen LogP contribution in [0, 0.1) is 5.92 Å². The zero-order valence-electron chi connectivity index (χ0n) is 23.1. The van der Waals surface area contributed by atoms with Crippen molar-refractivity contribution in [2.24, 2.45) is 5.92 Å². The maximum Gasteiger partial charge on any atom is 0.315 e. The van der Waals surface area contributed by atoms with Crippen molar-refractivity contribution in [2.45, 2.75) is 75.6 Å². The summed E-state index contributed by atoms with van der Waals surface area (Å²) >= 11 is 0. The van der Waals surface area contributed by atoms with Crippen LogP contribution in [0.1, 0.15) is 74.6 Å². The van der Waals surface area contributed by atoms with E-state index < -0.39 is 11.6 Å². The van der Waals surface area contributed by atoms with Crippen LogP contribution in [0.2, 0.25) is 0 Å². The molecular formula is C34H43N3O2. The first-order valence-electron chi connectivity index (χ1n) is 14.7. The number of likely N-dealkylation sites (tertiary alicyclic amines) is 1. The molecule has 2 amide bonds.